The van der Waals surface area contributed by atoms with Gasteiger partial charge in [0.1, 0.15) is 11.6 Å². The molecule has 0 aliphatic rings. The molecule has 0 spiro atoms. The van der Waals surface area contributed by atoms with E-state index < -0.39 is 5.56 Å². The van der Waals surface area contributed by atoms with E-state index in [9.17, 15) is 10.1 Å². The molecule has 1 heterocycles. The Balaban J connectivity index is 1.92. The van der Waals surface area contributed by atoms with Crippen molar-refractivity contribution in [3.63, 3.8) is 0 Å². The first-order valence-electron chi connectivity index (χ1n) is 7.42. The number of nitriles is 1. The van der Waals surface area contributed by atoms with Gasteiger partial charge in [-0.1, -0.05) is 59.6 Å². The smallest absolute Gasteiger partial charge is 0.270 e. The van der Waals surface area contributed by atoms with Crippen LogP contribution in [0, 0.1) is 11.3 Å². The molecule has 3 rings (SSSR count). The van der Waals surface area contributed by atoms with Crippen molar-refractivity contribution in [2.24, 2.45) is 5.10 Å². The van der Waals surface area contributed by atoms with Crippen LogP contribution in [0.1, 0.15) is 11.1 Å². The molecule has 0 aliphatic heterocycles. The van der Waals surface area contributed by atoms with E-state index in [1.807, 2.05) is 12.1 Å². The Kier molecular flexibility index (Phi) is 5.32. The molecular weight excluding hydrogens is 373 g/mol. The third-order valence-corrected chi connectivity index (χ3v) is 3.98. The van der Waals surface area contributed by atoms with Crippen molar-refractivity contribution in [3.05, 3.63) is 80.1 Å². The fraction of sp³-hybridized carbons (Fsp3) is 0. The van der Waals surface area contributed by atoms with Crippen LogP contribution in [0.5, 0.6) is 0 Å². The quantitative estimate of drug-likeness (QED) is 0.524. The van der Waals surface area contributed by atoms with Gasteiger partial charge in [-0.3, -0.25) is 9.78 Å². The summed E-state index contributed by atoms with van der Waals surface area (Å²) in [5, 5.41) is 14.2. The van der Waals surface area contributed by atoms with Gasteiger partial charge in [-0.25, -0.2) is 10.4 Å². The van der Waals surface area contributed by atoms with Gasteiger partial charge in [-0.2, -0.15) is 10.4 Å². The van der Waals surface area contributed by atoms with Crippen LogP contribution < -0.4 is 11.0 Å². The van der Waals surface area contributed by atoms with E-state index in [4.69, 9.17) is 23.2 Å². The van der Waals surface area contributed by atoms with Crippen molar-refractivity contribution in [2.45, 2.75) is 0 Å². The van der Waals surface area contributed by atoms with Crippen LogP contribution in [0.2, 0.25) is 10.0 Å². The van der Waals surface area contributed by atoms with Gasteiger partial charge in [0.15, 0.2) is 0 Å². The van der Waals surface area contributed by atoms with E-state index in [-0.39, 0.29) is 17.2 Å². The van der Waals surface area contributed by atoms with Crippen LogP contribution in [-0.4, -0.2) is 16.2 Å². The third kappa shape index (κ3) is 3.91. The van der Waals surface area contributed by atoms with Crippen LogP contribution in [0.4, 0.5) is 5.95 Å². The number of halogens is 2. The van der Waals surface area contributed by atoms with Crippen LogP contribution >= 0.6 is 23.2 Å². The second-order valence-corrected chi connectivity index (χ2v) is 6.00. The van der Waals surface area contributed by atoms with Crippen LogP contribution in [0.25, 0.3) is 11.3 Å². The molecule has 0 bridgehead atoms. The largest absolute Gasteiger partial charge is 0.290 e. The molecule has 8 heteroatoms. The lowest BCUT2D eigenvalue weighted by molar-refractivity contribution is 1.08. The van der Waals surface area contributed by atoms with Gasteiger partial charge < -0.3 is 0 Å². The Hall–Kier alpha value is -3.14. The molecule has 0 atom stereocenters. The maximum Gasteiger partial charge on any atom is 0.270 e. The molecule has 0 amide bonds. The number of hydrazone groups is 1. The molecule has 0 radical (unpaired) electrons. The number of hydrogen-bond donors (Lipinski definition) is 2. The normalized spacial score (nSPS) is 10.7. The highest BCUT2D eigenvalue weighted by molar-refractivity contribution is 6.36. The van der Waals surface area contributed by atoms with Crippen molar-refractivity contribution in [3.8, 4) is 17.3 Å². The average Bonchev–Trinajstić information content (AvgIpc) is 2.64. The molecule has 2 aromatic carbocycles. The number of hydrogen-bond acceptors (Lipinski definition) is 5. The molecular formula is C18H11Cl2N5O. The predicted molar refractivity (Wildman–Crippen MR) is 103 cm³/mol. The summed E-state index contributed by atoms with van der Waals surface area (Å²) in [7, 11) is 0. The minimum Gasteiger partial charge on any atom is -0.290 e. The lowest BCUT2D eigenvalue weighted by Gasteiger charge is -2.06. The van der Waals surface area contributed by atoms with Crippen LogP contribution in [0.15, 0.2) is 58.4 Å². The van der Waals surface area contributed by atoms with Gasteiger partial charge in [0.2, 0.25) is 5.95 Å². The molecule has 128 valence electrons. The highest BCUT2D eigenvalue weighted by atomic mass is 35.5. The minimum absolute atomic E-state index is 0.0634. The first-order valence-corrected chi connectivity index (χ1v) is 8.18. The van der Waals surface area contributed by atoms with Crippen LogP contribution in [0.3, 0.4) is 0 Å². The van der Waals surface area contributed by atoms with Gasteiger partial charge in [0.05, 0.1) is 16.9 Å². The number of H-pyrrole nitrogens is 1. The molecule has 6 nitrogen and oxygen atoms in total. The van der Waals surface area contributed by atoms with E-state index in [2.05, 4.69) is 20.5 Å². The summed E-state index contributed by atoms with van der Waals surface area (Å²) in [6.45, 7) is 0. The van der Waals surface area contributed by atoms with Gasteiger partial charge in [-0.15, -0.1) is 0 Å². The van der Waals surface area contributed by atoms with Crippen LogP contribution in [-0.2, 0) is 0 Å². The lowest BCUT2D eigenvalue weighted by atomic mass is 10.1. The number of benzene rings is 2. The molecule has 0 saturated carbocycles. The van der Waals surface area contributed by atoms with E-state index in [1.54, 1.807) is 42.5 Å². The first kappa shape index (κ1) is 17.7. The zero-order chi connectivity index (χ0) is 18.5. The van der Waals surface area contributed by atoms with Crippen molar-refractivity contribution in [1.82, 2.24) is 9.97 Å². The molecule has 0 saturated heterocycles. The Morgan fingerprint density at radius 1 is 1.19 bits per heavy atom. The van der Waals surface area contributed by atoms with Crippen molar-refractivity contribution in [2.75, 3.05) is 5.43 Å². The minimum atomic E-state index is -0.552. The zero-order valence-corrected chi connectivity index (χ0v) is 14.7. The molecule has 2 N–H and O–H groups in total. The molecule has 26 heavy (non-hydrogen) atoms. The fourth-order valence-corrected chi connectivity index (χ4v) is 2.66. The Bertz CT molecular complexity index is 1070. The molecule has 0 unspecified atom stereocenters. The van der Waals surface area contributed by atoms with Crippen molar-refractivity contribution >= 4 is 35.4 Å². The van der Waals surface area contributed by atoms with Gasteiger partial charge in [0, 0.05) is 16.1 Å². The Morgan fingerprint density at radius 3 is 2.65 bits per heavy atom. The van der Waals surface area contributed by atoms with E-state index in [0.29, 0.717) is 21.2 Å². The van der Waals surface area contributed by atoms with Gasteiger partial charge in [0.25, 0.3) is 5.56 Å². The summed E-state index contributed by atoms with van der Waals surface area (Å²) in [5.74, 6) is 0.106. The summed E-state index contributed by atoms with van der Waals surface area (Å²) < 4.78 is 0. The standard InChI is InChI=1S/C18H11Cl2N5O/c19-13-7-6-12(15(20)8-13)10-22-25-18-23-16(11-4-2-1-3-5-11)14(9-21)17(26)24-18/h1-8,10H,(H2,23,24,25,26). The maximum absolute atomic E-state index is 12.1. The number of aromatic amines is 1. The highest BCUT2D eigenvalue weighted by Gasteiger charge is 2.12. The molecule has 0 fully saturated rings. The number of nitrogens with zero attached hydrogens (tertiary/aromatic N) is 3. The first-order chi connectivity index (χ1) is 12.6. The maximum atomic E-state index is 12.1. The van der Waals surface area contributed by atoms with Crippen molar-refractivity contribution in [1.29, 1.82) is 5.26 Å². The summed E-state index contributed by atoms with van der Waals surface area (Å²) >= 11 is 11.9. The summed E-state index contributed by atoms with van der Waals surface area (Å²) in [5.41, 5.74) is 3.60. The fourth-order valence-electron chi connectivity index (χ4n) is 2.20. The third-order valence-electron chi connectivity index (χ3n) is 3.42. The highest BCUT2D eigenvalue weighted by Crippen LogP contribution is 2.20. The topological polar surface area (TPSA) is 93.9 Å². The average molecular weight is 384 g/mol. The van der Waals surface area contributed by atoms with Gasteiger partial charge >= 0.3 is 0 Å². The second-order valence-electron chi connectivity index (χ2n) is 5.15. The monoisotopic (exact) mass is 383 g/mol. The summed E-state index contributed by atoms with van der Waals surface area (Å²) in [4.78, 5) is 18.9. The number of rotatable bonds is 4. The Labute approximate surface area is 158 Å². The van der Waals surface area contributed by atoms with Gasteiger partial charge in [-0.05, 0) is 12.1 Å². The summed E-state index contributed by atoms with van der Waals surface area (Å²) in [6.07, 6.45) is 1.47. The number of anilines is 1. The zero-order valence-electron chi connectivity index (χ0n) is 13.2. The SMILES string of the molecule is N#Cc1c(-c2ccccc2)nc(NN=Cc2ccc(Cl)cc2Cl)[nH]c1=O. The lowest BCUT2D eigenvalue weighted by Crippen LogP contribution is -2.16. The number of aromatic nitrogens is 2. The van der Waals surface area contributed by atoms with E-state index in [1.165, 1.54) is 6.21 Å². The van der Waals surface area contributed by atoms with E-state index >= 15 is 0 Å². The molecule has 0 aliphatic carbocycles. The Morgan fingerprint density at radius 2 is 1.96 bits per heavy atom. The van der Waals surface area contributed by atoms with Crippen molar-refractivity contribution < 1.29 is 0 Å². The second kappa shape index (κ2) is 7.83. The molecule has 1 aromatic heterocycles. The molecule has 3 aromatic rings. The summed E-state index contributed by atoms with van der Waals surface area (Å²) in [6, 6.07) is 15.8. The van der Waals surface area contributed by atoms with E-state index in [0.717, 1.165) is 0 Å². The predicted octanol–water partition coefficient (Wildman–Crippen LogP) is 4.06. The number of nitrogens with one attached hydrogen (secondary N) is 2.